The molecule has 0 aliphatic carbocycles. The van der Waals surface area contributed by atoms with E-state index in [-0.39, 0.29) is 30.3 Å². The summed E-state index contributed by atoms with van der Waals surface area (Å²) in [7, 11) is 0. The Balaban J connectivity index is 1.45. The molecule has 0 radical (unpaired) electrons. The van der Waals surface area contributed by atoms with Crippen LogP contribution in [0.3, 0.4) is 0 Å². The Kier molecular flexibility index (Phi) is 6.64. The molecule has 0 saturated carbocycles. The number of rotatable bonds is 6. The lowest BCUT2D eigenvalue weighted by Gasteiger charge is -2.35. The molecule has 1 aromatic carbocycles. The predicted molar refractivity (Wildman–Crippen MR) is 101 cm³/mol. The second-order valence-electron chi connectivity index (χ2n) is 7.55. The molecular formula is C20H31N3O3. The zero-order valence-corrected chi connectivity index (χ0v) is 15.8. The largest absolute Gasteiger partial charge is 0.373 e. The molecule has 2 aliphatic heterocycles. The third-order valence-corrected chi connectivity index (χ3v) is 5.05. The van der Waals surface area contributed by atoms with E-state index in [1.165, 1.54) is 5.56 Å². The van der Waals surface area contributed by atoms with E-state index in [4.69, 9.17) is 15.2 Å². The first kappa shape index (κ1) is 19.3. The van der Waals surface area contributed by atoms with Gasteiger partial charge in [-0.15, -0.1) is 0 Å². The maximum absolute atomic E-state index is 12.2. The van der Waals surface area contributed by atoms with Gasteiger partial charge in [-0.05, 0) is 37.8 Å². The van der Waals surface area contributed by atoms with Gasteiger partial charge >= 0.3 is 0 Å². The average Bonchev–Trinajstić information content (AvgIpc) is 3.09. The predicted octanol–water partition coefficient (Wildman–Crippen LogP) is 1.42. The van der Waals surface area contributed by atoms with Crippen LogP contribution >= 0.6 is 0 Å². The van der Waals surface area contributed by atoms with Crippen LogP contribution in [0.25, 0.3) is 0 Å². The maximum atomic E-state index is 12.2. The number of benzene rings is 1. The molecule has 6 heteroatoms. The van der Waals surface area contributed by atoms with Gasteiger partial charge in [0.25, 0.3) is 0 Å². The van der Waals surface area contributed by atoms with Crippen LogP contribution in [0.1, 0.15) is 37.8 Å². The summed E-state index contributed by atoms with van der Waals surface area (Å²) >= 11 is 0. The minimum Gasteiger partial charge on any atom is -0.373 e. The molecule has 0 aromatic heterocycles. The molecule has 1 aromatic rings. The second kappa shape index (κ2) is 8.95. The summed E-state index contributed by atoms with van der Waals surface area (Å²) in [4.78, 5) is 14.6. The second-order valence-corrected chi connectivity index (χ2v) is 7.55. The van der Waals surface area contributed by atoms with Crippen molar-refractivity contribution < 1.29 is 14.3 Å². The minimum atomic E-state index is -0.354. The van der Waals surface area contributed by atoms with Gasteiger partial charge in [0, 0.05) is 32.7 Å². The van der Waals surface area contributed by atoms with E-state index in [9.17, 15) is 4.79 Å². The number of carbonyl (C=O) groups is 1. The first-order valence-corrected chi connectivity index (χ1v) is 9.62. The lowest BCUT2D eigenvalue weighted by atomic mass is 10.1. The fraction of sp³-hybridized carbons (Fsp3) is 0.650. The zero-order chi connectivity index (χ0) is 18.5. The topological polar surface area (TPSA) is 76.8 Å². The maximum Gasteiger partial charge on any atom is 0.249 e. The van der Waals surface area contributed by atoms with Crippen LogP contribution in [-0.2, 0) is 27.4 Å². The lowest BCUT2D eigenvalue weighted by molar-refractivity contribution is -0.132. The number of amides is 1. The molecule has 6 nitrogen and oxygen atoms in total. The van der Waals surface area contributed by atoms with Gasteiger partial charge in [-0.25, -0.2) is 0 Å². The number of hydrogen-bond donors (Lipinski definition) is 2. The van der Waals surface area contributed by atoms with E-state index in [0.29, 0.717) is 13.1 Å². The van der Waals surface area contributed by atoms with Crippen LogP contribution in [-0.4, -0.2) is 54.9 Å². The number of hydrogen-bond acceptors (Lipinski definition) is 5. The van der Waals surface area contributed by atoms with Crippen LogP contribution in [0.2, 0.25) is 0 Å². The molecule has 2 unspecified atom stereocenters. The third-order valence-electron chi connectivity index (χ3n) is 5.05. The summed E-state index contributed by atoms with van der Waals surface area (Å²) in [5.74, 6) is -0.0404. The highest BCUT2D eigenvalue weighted by molar-refractivity contribution is 5.81. The molecule has 0 bridgehead atoms. The molecule has 144 valence electrons. The molecule has 26 heavy (non-hydrogen) atoms. The van der Waals surface area contributed by atoms with E-state index in [1.54, 1.807) is 0 Å². The van der Waals surface area contributed by atoms with Crippen LogP contribution < -0.4 is 11.1 Å². The van der Waals surface area contributed by atoms with Gasteiger partial charge in [-0.1, -0.05) is 24.3 Å². The Morgan fingerprint density at radius 2 is 1.77 bits per heavy atom. The summed E-state index contributed by atoms with van der Waals surface area (Å²) in [6, 6.07) is 8.45. The molecule has 0 spiro atoms. The molecular weight excluding hydrogens is 330 g/mol. The van der Waals surface area contributed by atoms with E-state index < -0.39 is 0 Å². The van der Waals surface area contributed by atoms with Crippen LogP contribution in [0.4, 0.5) is 0 Å². The smallest absolute Gasteiger partial charge is 0.249 e. The summed E-state index contributed by atoms with van der Waals surface area (Å²) in [5.41, 5.74) is 7.97. The quantitative estimate of drug-likeness (QED) is 0.801. The van der Waals surface area contributed by atoms with Gasteiger partial charge in [-0.2, -0.15) is 0 Å². The summed E-state index contributed by atoms with van der Waals surface area (Å²) in [6.45, 7) is 8.11. The molecule has 2 saturated heterocycles. The van der Waals surface area contributed by atoms with E-state index in [1.807, 2.05) is 0 Å². The highest BCUT2D eigenvalue weighted by Gasteiger charge is 2.29. The van der Waals surface area contributed by atoms with E-state index in [0.717, 1.165) is 38.0 Å². The Morgan fingerprint density at radius 1 is 1.12 bits per heavy atom. The lowest BCUT2D eigenvalue weighted by Crippen LogP contribution is -2.44. The first-order chi connectivity index (χ1) is 12.5. The Morgan fingerprint density at radius 3 is 2.38 bits per heavy atom. The summed E-state index contributed by atoms with van der Waals surface area (Å²) < 4.78 is 11.4. The van der Waals surface area contributed by atoms with Crippen molar-refractivity contribution in [2.24, 2.45) is 5.73 Å². The van der Waals surface area contributed by atoms with Crippen LogP contribution in [0.5, 0.6) is 0 Å². The number of nitrogens with two attached hydrogens (primary N) is 1. The highest BCUT2D eigenvalue weighted by atomic mass is 16.5. The summed E-state index contributed by atoms with van der Waals surface area (Å²) in [5, 5.41) is 2.97. The number of nitrogens with one attached hydrogen (secondary N) is 1. The average molecular weight is 361 g/mol. The van der Waals surface area contributed by atoms with Crippen molar-refractivity contribution >= 4 is 5.91 Å². The van der Waals surface area contributed by atoms with Gasteiger partial charge in [-0.3, -0.25) is 9.69 Å². The Labute approximate surface area is 156 Å². The van der Waals surface area contributed by atoms with Gasteiger partial charge < -0.3 is 20.5 Å². The van der Waals surface area contributed by atoms with Crippen molar-refractivity contribution in [1.82, 2.24) is 10.2 Å². The number of ether oxygens (including phenoxy) is 2. The van der Waals surface area contributed by atoms with Crippen molar-refractivity contribution in [2.75, 3.05) is 19.6 Å². The van der Waals surface area contributed by atoms with Crippen molar-refractivity contribution in [3.8, 4) is 0 Å². The molecule has 2 aliphatic rings. The fourth-order valence-corrected chi connectivity index (χ4v) is 3.81. The fourth-order valence-electron chi connectivity index (χ4n) is 3.81. The molecule has 4 atom stereocenters. The van der Waals surface area contributed by atoms with Crippen molar-refractivity contribution in [3.63, 3.8) is 0 Å². The van der Waals surface area contributed by atoms with Crippen molar-refractivity contribution in [2.45, 2.75) is 64.2 Å². The monoisotopic (exact) mass is 361 g/mol. The molecule has 2 fully saturated rings. The molecule has 3 rings (SSSR count). The van der Waals surface area contributed by atoms with E-state index >= 15 is 0 Å². The zero-order valence-electron chi connectivity index (χ0n) is 15.8. The molecule has 1 amide bonds. The molecule has 3 N–H and O–H groups in total. The number of nitrogens with zero attached hydrogens (tertiary/aromatic N) is 1. The van der Waals surface area contributed by atoms with Crippen LogP contribution in [0, 0.1) is 0 Å². The Hall–Kier alpha value is -1.47. The SMILES string of the molecule is CC1CN(Cc2ccc(CNC(=O)[C@@H]3CC[C@H](CN)O3)cc2)CC(C)O1. The van der Waals surface area contributed by atoms with Gasteiger partial charge in [0.1, 0.15) is 6.10 Å². The standard InChI is InChI=1S/C20H31N3O3/c1-14-11-23(12-15(2)25-14)13-17-5-3-16(4-6-17)10-22-20(24)19-8-7-18(9-21)26-19/h3-6,14-15,18-19H,7-13,21H2,1-2H3,(H,22,24)/t14?,15?,18-,19+/m1/s1. The minimum absolute atomic E-state index is 0.0238. The molecule has 2 heterocycles. The summed E-state index contributed by atoms with van der Waals surface area (Å²) in [6.07, 6.45) is 1.85. The highest BCUT2D eigenvalue weighted by Crippen LogP contribution is 2.19. The van der Waals surface area contributed by atoms with Gasteiger partial charge in [0.05, 0.1) is 18.3 Å². The normalized spacial score (nSPS) is 29.7. The van der Waals surface area contributed by atoms with Crippen molar-refractivity contribution in [3.05, 3.63) is 35.4 Å². The Bertz CT molecular complexity index is 582. The van der Waals surface area contributed by atoms with Crippen LogP contribution in [0.15, 0.2) is 24.3 Å². The third kappa shape index (κ3) is 5.27. The van der Waals surface area contributed by atoms with Crippen molar-refractivity contribution in [1.29, 1.82) is 0 Å². The number of morpholine rings is 1. The van der Waals surface area contributed by atoms with Gasteiger partial charge in [0.15, 0.2) is 0 Å². The first-order valence-electron chi connectivity index (χ1n) is 9.62. The number of carbonyl (C=O) groups excluding carboxylic acids is 1. The van der Waals surface area contributed by atoms with Gasteiger partial charge in [0.2, 0.25) is 5.91 Å². The van der Waals surface area contributed by atoms with E-state index in [2.05, 4.69) is 48.3 Å².